The molecule has 0 saturated carbocycles. The largest absolute Gasteiger partial charge is 0.365 e. The SMILES string of the molecule is CON(C)C(=O)N1N=C(c2cc(F)ccc2F)S[C@@]1(CCCN=O)c1ccccc1. The molecule has 0 N–H and O–H groups in total. The number of hydrazone groups is 1. The third-order valence-electron chi connectivity index (χ3n) is 4.67. The maximum absolute atomic E-state index is 14.5. The molecule has 7 nitrogen and oxygen atoms in total. The molecular formula is C20H20F2N4O3S. The molecule has 2 aromatic rings. The number of benzene rings is 2. The van der Waals surface area contributed by atoms with Crippen LogP contribution in [-0.2, 0) is 9.71 Å². The zero-order valence-electron chi connectivity index (χ0n) is 16.4. The van der Waals surface area contributed by atoms with Crippen LogP contribution in [0, 0.1) is 16.5 Å². The number of carbonyl (C=O) groups excluding carboxylic acids is 1. The number of nitrogens with zero attached hydrogens (tertiary/aromatic N) is 4. The second kappa shape index (κ2) is 9.31. The smallest absolute Gasteiger partial charge is 0.273 e. The Morgan fingerprint density at radius 3 is 2.67 bits per heavy atom. The molecule has 30 heavy (non-hydrogen) atoms. The van der Waals surface area contributed by atoms with Crippen molar-refractivity contribution in [2.24, 2.45) is 10.3 Å². The molecule has 158 valence electrons. The fraction of sp³-hybridized carbons (Fsp3) is 0.300. The third kappa shape index (κ3) is 4.19. The highest BCUT2D eigenvalue weighted by Gasteiger charge is 2.49. The van der Waals surface area contributed by atoms with E-state index in [0.29, 0.717) is 18.4 Å². The lowest BCUT2D eigenvalue weighted by molar-refractivity contribution is -0.0805. The lowest BCUT2D eigenvalue weighted by Crippen LogP contribution is -2.46. The number of thioether (sulfide) groups is 1. The molecule has 0 radical (unpaired) electrons. The fourth-order valence-electron chi connectivity index (χ4n) is 3.14. The first kappa shape index (κ1) is 21.8. The topological polar surface area (TPSA) is 74.6 Å². The molecule has 0 fully saturated rings. The summed E-state index contributed by atoms with van der Waals surface area (Å²) >= 11 is 1.12. The van der Waals surface area contributed by atoms with Crippen molar-refractivity contribution in [1.82, 2.24) is 10.1 Å². The number of halogens is 2. The van der Waals surface area contributed by atoms with Gasteiger partial charge in [0.25, 0.3) is 0 Å². The van der Waals surface area contributed by atoms with Gasteiger partial charge in [-0.2, -0.15) is 15.0 Å². The maximum Gasteiger partial charge on any atom is 0.365 e. The van der Waals surface area contributed by atoms with Crippen LogP contribution in [0.15, 0.2) is 58.8 Å². The molecule has 0 unspecified atom stereocenters. The number of hydroxylamine groups is 2. The van der Waals surface area contributed by atoms with E-state index in [-0.39, 0.29) is 17.2 Å². The van der Waals surface area contributed by atoms with Crippen LogP contribution in [0.4, 0.5) is 13.6 Å². The Morgan fingerprint density at radius 1 is 1.27 bits per heavy atom. The minimum atomic E-state index is -1.09. The van der Waals surface area contributed by atoms with Crippen LogP contribution in [0.1, 0.15) is 24.0 Å². The highest BCUT2D eigenvalue weighted by Crippen LogP contribution is 2.51. The highest BCUT2D eigenvalue weighted by atomic mass is 32.2. The molecule has 1 heterocycles. The molecule has 2 aromatic carbocycles. The zero-order valence-corrected chi connectivity index (χ0v) is 17.2. The monoisotopic (exact) mass is 434 g/mol. The quantitative estimate of drug-likeness (QED) is 0.360. The van der Waals surface area contributed by atoms with Crippen LogP contribution in [0.25, 0.3) is 0 Å². The van der Waals surface area contributed by atoms with E-state index < -0.39 is 22.5 Å². The van der Waals surface area contributed by atoms with E-state index in [0.717, 1.165) is 35.0 Å². The molecule has 1 aliphatic rings. The first-order valence-corrected chi connectivity index (χ1v) is 9.94. The van der Waals surface area contributed by atoms with Crippen molar-refractivity contribution in [1.29, 1.82) is 0 Å². The standard InChI is InChI=1S/C20H20F2N4O3S/c1-25(29-2)19(27)26-20(11-6-12-23-28,14-7-4-3-5-8-14)30-18(24-26)16-13-15(21)9-10-17(16)22/h3-5,7-10,13H,6,11-12H2,1-2H3/t20-/m0/s1. The summed E-state index contributed by atoms with van der Waals surface area (Å²) in [5, 5.41) is 9.60. The van der Waals surface area contributed by atoms with Crippen molar-refractivity contribution in [3.05, 3.63) is 76.2 Å². The number of rotatable bonds is 7. The summed E-state index contributed by atoms with van der Waals surface area (Å²) in [6.45, 7) is 0.0426. The van der Waals surface area contributed by atoms with Gasteiger partial charge in [-0.05, 0) is 36.6 Å². The Bertz CT molecular complexity index is 960. The second-order valence-electron chi connectivity index (χ2n) is 6.51. The Balaban J connectivity index is 2.14. The Kier molecular flexibility index (Phi) is 6.78. The van der Waals surface area contributed by atoms with Crippen LogP contribution in [0.5, 0.6) is 0 Å². The molecule has 10 heteroatoms. The lowest BCUT2D eigenvalue weighted by atomic mass is 10.0. The second-order valence-corrected chi connectivity index (χ2v) is 7.78. The normalized spacial score (nSPS) is 18.3. The maximum atomic E-state index is 14.5. The lowest BCUT2D eigenvalue weighted by Gasteiger charge is -2.36. The molecule has 0 aromatic heterocycles. The van der Waals surface area contributed by atoms with Gasteiger partial charge in [0.15, 0.2) is 0 Å². The molecule has 0 bridgehead atoms. The summed E-state index contributed by atoms with van der Waals surface area (Å²) in [5.74, 6) is -1.28. The van der Waals surface area contributed by atoms with Gasteiger partial charge < -0.3 is 0 Å². The summed E-state index contributed by atoms with van der Waals surface area (Å²) in [6, 6.07) is 11.5. The fourth-order valence-corrected chi connectivity index (χ4v) is 4.55. The average molecular weight is 434 g/mol. The van der Waals surface area contributed by atoms with Gasteiger partial charge in [-0.3, -0.25) is 4.84 Å². The number of urea groups is 1. The van der Waals surface area contributed by atoms with E-state index in [9.17, 15) is 18.5 Å². The van der Waals surface area contributed by atoms with Crippen LogP contribution in [0.3, 0.4) is 0 Å². The zero-order chi connectivity index (χ0) is 21.7. The van der Waals surface area contributed by atoms with Gasteiger partial charge in [-0.25, -0.2) is 18.6 Å². The van der Waals surface area contributed by atoms with Gasteiger partial charge >= 0.3 is 6.03 Å². The summed E-state index contributed by atoms with van der Waals surface area (Å²) < 4.78 is 28.3. The van der Waals surface area contributed by atoms with Gasteiger partial charge in [-0.15, -0.1) is 0 Å². The van der Waals surface area contributed by atoms with E-state index in [1.807, 2.05) is 18.2 Å². The summed E-state index contributed by atoms with van der Waals surface area (Å²) in [5.41, 5.74) is 0.665. The number of nitroso groups, excluding NO2 is 1. The average Bonchev–Trinajstić information content (AvgIpc) is 3.15. The van der Waals surface area contributed by atoms with E-state index in [4.69, 9.17) is 4.84 Å². The highest BCUT2D eigenvalue weighted by molar-refractivity contribution is 8.15. The minimum Gasteiger partial charge on any atom is -0.273 e. The van der Waals surface area contributed by atoms with Gasteiger partial charge in [0, 0.05) is 12.6 Å². The summed E-state index contributed by atoms with van der Waals surface area (Å²) in [4.78, 5) is 27.7. The van der Waals surface area contributed by atoms with Crippen molar-refractivity contribution in [3.63, 3.8) is 0 Å². The number of hydrogen-bond acceptors (Lipinski definition) is 6. The van der Waals surface area contributed by atoms with Gasteiger partial charge in [0.2, 0.25) is 0 Å². The minimum absolute atomic E-state index is 0.0426. The van der Waals surface area contributed by atoms with Gasteiger partial charge in [0.1, 0.15) is 21.5 Å². The molecule has 3 rings (SSSR count). The van der Waals surface area contributed by atoms with E-state index in [1.54, 1.807) is 12.1 Å². The molecular weight excluding hydrogens is 414 g/mol. The molecule has 0 aliphatic carbocycles. The Hall–Kier alpha value is -2.85. The van der Waals surface area contributed by atoms with Crippen molar-refractivity contribution in [2.75, 3.05) is 20.7 Å². The molecule has 1 aliphatic heterocycles. The van der Waals surface area contributed by atoms with Gasteiger partial charge in [-0.1, -0.05) is 47.3 Å². The van der Waals surface area contributed by atoms with Crippen molar-refractivity contribution < 1.29 is 18.4 Å². The first-order valence-electron chi connectivity index (χ1n) is 9.12. The van der Waals surface area contributed by atoms with Crippen molar-refractivity contribution in [2.45, 2.75) is 17.7 Å². The van der Waals surface area contributed by atoms with E-state index >= 15 is 0 Å². The number of amides is 2. The summed E-state index contributed by atoms with van der Waals surface area (Å²) in [6.07, 6.45) is 0.668. The molecule has 0 spiro atoms. The summed E-state index contributed by atoms with van der Waals surface area (Å²) in [7, 11) is 2.75. The van der Waals surface area contributed by atoms with Crippen molar-refractivity contribution >= 4 is 22.8 Å². The number of carbonyl (C=O) groups is 1. The van der Waals surface area contributed by atoms with Crippen LogP contribution in [-0.4, -0.2) is 41.8 Å². The molecule has 2 amide bonds. The predicted molar refractivity (Wildman–Crippen MR) is 111 cm³/mol. The molecule has 1 atom stereocenters. The number of hydrogen-bond donors (Lipinski definition) is 0. The predicted octanol–water partition coefficient (Wildman–Crippen LogP) is 4.69. The van der Waals surface area contributed by atoms with Crippen LogP contribution in [0.2, 0.25) is 0 Å². The molecule has 0 saturated heterocycles. The first-order chi connectivity index (χ1) is 14.4. The van der Waals surface area contributed by atoms with Crippen LogP contribution >= 0.6 is 11.8 Å². The van der Waals surface area contributed by atoms with E-state index in [2.05, 4.69) is 10.3 Å². The van der Waals surface area contributed by atoms with Crippen LogP contribution < -0.4 is 0 Å². The Labute approximate surface area is 176 Å². The van der Waals surface area contributed by atoms with Crippen molar-refractivity contribution in [3.8, 4) is 0 Å². The van der Waals surface area contributed by atoms with Gasteiger partial charge in [0.05, 0.1) is 13.7 Å². The van der Waals surface area contributed by atoms with E-state index in [1.165, 1.54) is 19.2 Å². The Morgan fingerprint density at radius 2 is 2.00 bits per heavy atom. The third-order valence-corrected chi connectivity index (χ3v) is 6.12.